The minimum atomic E-state index is -0.632. The topological polar surface area (TPSA) is 101 Å². The zero-order valence-corrected chi connectivity index (χ0v) is 11.1. The van der Waals surface area contributed by atoms with Crippen molar-refractivity contribution in [2.24, 2.45) is 0 Å². The molecule has 0 aliphatic carbocycles. The van der Waals surface area contributed by atoms with Gasteiger partial charge in [-0.1, -0.05) is 17.7 Å². The summed E-state index contributed by atoms with van der Waals surface area (Å²) < 4.78 is 0. The summed E-state index contributed by atoms with van der Waals surface area (Å²) in [7, 11) is 0. The van der Waals surface area contributed by atoms with Gasteiger partial charge in [0.15, 0.2) is 0 Å². The highest BCUT2D eigenvalue weighted by molar-refractivity contribution is 6.34. The molecule has 1 aromatic heterocycles. The van der Waals surface area contributed by atoms with E-state index in [9.17, 15) is 14.9 Å². The third-order valence-corrected chi connectivity index (χ3v) is 2.93. The molecule has 0 saturated carbocycles. The quantitative estimate of drug-likeness (QED) is 0.650. The van der Waals surface area contributed by atoms with Gasteiger partial charge in [-0.2, -0.15) is 0 Å². The Hall–Kier alpha value is -2.41. The van der Waals surface area contributed by atoms with Crippen molar-refractivity contribution in [2.45, 2.75) is 6.42 Å². The van der Waals surface area contributed by atoms with Gasteiger partial charge in [-0.05, 0) is 6.07 Å². The number of halogens is 1. The van der Waals surface area contributed by atoms with Crippen molar-refractivity contribution in [3.05, 3.63) is 57.1 Å². The van der Waals surface area contributed by atoms with E-state index in [4.69, 9.17) is 11.6 Å². The molecule has 0 atom stereocenters. The molecule has 0 fully saturated rings. The molecule has 0 aliphatic rings. The molecule has 104 valence electrons. The number of hydrogen-bond donors (Lipinski definition) is 2. The molecule has 1 amide bonds. The number of aromatic amines is 1. The van der Waals surface area contributed by atoms with Crippen LogP contribution in [-0.2, 0) is 6.42 Å². The Labute approximate surface area is 119 Å². The molecular weight excluding hydrogens is 284 g/mol. The number of amides is 1. The van der Waals surface area contributed by atoms with Crippen molar-refractivity contribution in [2.75, 3.05) is 6.54 Å². The van der Waals surface area contributed by atoms with E-state index < -0.39 is 10.8 Å². The van der Waals surface area contributed by atoms with Crippen LogP contribution < -0.4 is 5.32 Å². The normalized spacial score (nSPS) is 10.2. The van der Waals surface area contributed by atoms with Crippen LogP contribution in [0.5, 0.6) is 0 Å². The highest BCUT2D eigenvalue weighted by Gasteiger charge is 2.22. The van der Waals surface area contributed by atoms with Crippen LogP contribution in [0.4, 0.5) is 5.69 Å². The molecule has 0 saturated heterocycles. The number of nitro benzene ring substituents is 1. The van der Waals surface area contributed by atoms with Crippen molar-refractivity contribution in [3.8, 4) is 0 Å². The molecule has 0 radical (unpaired) electrons. The van der Waals surface area contributed by atoms with Gasteiger partial charge < -0.3 is 10.3 Å². The van der Waals surface area contributed by atoms with Gasteiger partial charge in [-0.3, -0.25) is 14.9 Å². The second kappa shape index (κ2) is 6.16. The number of benzene rings is 1. The zero-order chi connectivity index (χ0) is 14.5. The number of imidazole rings is 1. The minimum Gasteiger partial charge on any atom is -0.351 e. The average molecular weight is 295 g/mol. The monoisotopic (exact) mass is 294 g/mol. The van der Waals surface area contributed by atoms with Crippen LogP contribution in [0.3, 0.4) is 0 Å². The summed E-state index contributed by atoms with van der Waals surface area (Å²) in [5, 5.41) is 13.5. The van der Waals surface area contributed by atoms with Gasteiger partial charge in [-0.15, -0.1) is 0 Å². The van der Waals surface area contributed by atoms with E-state index >= 15 is 0 Å². The Balaban J connectivity index is 2.07. The number of H-pyrrole nitrogens is 1. The lowest BCUT2D eigenvalue weighted by Crippen LogP contribution is -2.27. The fourth-order valence-corrected chi connectivity index (χ4v) is 1.96. The summed E-state index contributed by atoms with van der Waals surface area (Å²) in [4.78, 5) is 29.2. The SMILES string of the molecule is O=C(NCCc1ncc[nH]1)c1c(Cl)cccc1[N+](=O)[O-]. The lowest BCUT2D eigenvalue weighted by molar-refractivity contribution is -0.385. The fraction of sp³-hybridized carbons (Fsp3) is 0.167. The van der Waals surface area contributed by atoms with Crippen LogP contribution in [0.15, 0.2) is 30.6 Å². The van der Waals surface area contributed by atoms with Gasteiger partial charge in [0.2, 0.25) is 0 Å². The van der Waals surface area contributed by atoms with E-state index in [2.05, 4.69) is 15.3 Å². The standard InChI is InChI=1S/C12H11ClN4O3/c13-8-2-1-3-9(17(19)20)11(8)12(18)16-5-4-10-14-6-7-15-10/h1-3,6-7H,4-5H2,(H,14,15)(H,16,18). The zero-order valence-electron chi connectivity index (χ0n) is 10.3. The van der Waals surface area contributed by atoms with Crippen LogP contribution in [0.25, 0.3) is 0 Å². The third-order valence-electron chi connectivity index (χ3n) is 2.62. The summed E-state index contributed by atoms with van der Waals surface area (Å²) >= 11 is 5.86. The number of hydrogen-bond acceptors (Lipinski definition) is 4. The summed E-state index contributed by atoms with van der Waals surface area (Å²) in [6.45, 7) is 0.300. The molecule has 2 N–H and O–H groups in total. The largest absolute Gasteiger partial charge is 0.351 e. The number of carbonyl (C=O) groups excluding carboxylic acids is 1. The van der Waals surface area contributed by atoms with E-state index in [1.807, 2.05) is 0 Å². The molecule has 0 aliphatic heterocycles. The predicted molar refractivity (Wildman–Crippen MR) is 72.7 cm³/mol. The van der Waals surface area contributed by atoms with Crippen LogP contribution >= 0.6 is 11.6 Å². The molecule has 20 heavy (non-hydrogen) atoms. The maximum absolute atomic E-state index is 12.0. The van der Waals surface area contributed by atoms with Crippen molar-refractivity contribution >= 4 is 23.2 Å². The molecule has 0 bridgehead atoms. The molecule has 0 spiro atoms. The molecule has 1 heterocycles. The predicted octanol–water partition coefficient (Wildman–Crippen LogP) is 1.94. The number of aromatic nitrogens is 2. The smallest absolute Gasteiger partial charge is 0.283 e. The first-order valence-corrected chi connectivity index (χ1v) is 6.16. The van der Waals surface area contributed by atoms with E-state index in [1.165, 1.54) is 18.2 Å². The molecule has 2 aromatic rings. The first-order chi connectivity index (χ1) is 9.59. The molecule has 0 unspecified atom stereocenters. The van der Waals surface area contributed by atoms with Gasteiger partial charge in [0.1, 0.15) is 11.4 Å². The average Bonchev–Trinajstić information content (AvgIpc) is 2.91. The Bertz CT molecular complexity index is 628. The van der Waals surface area contributed by atoms with Crippen molar-refractivity contribution in [1.82, 2.24) is 15.3 Å². The summed E-state index contributed by atoms with van der Waals surface area (Å²) in [6, 6.07) is 4.11. The molecule has 8 heteroatoms. The van der Waals surface area contributed by atoms with E-state index in [0.717, 1.165) is 5.82 Å². The molecular formula is C12H11ClN4O3. The van der Waals surface area contributed by atoms with Crippen molar-refractivity contribution in [3.63, 3.8) is 0 Å². The van der Waals surface area contributed by atoms with E-state index in [0.29, 0.717) is 13.0 Å². The number of nitro groups is 1. The Morgan fingerprint density at radius 1 is 1.50 bits per heavy atom. The Morgan fingerprint density at radius 2 is 2.30 bits per heavy atom. The van der Waals surface area contributed by atoms with E-state index in [1.54, 1.807) is 12.4 Å². The van der Waals surface area contributed by atoms with Gasteiger partial charge in [0.25, 0.3) is 11.6 Å². The highest BCUT2D eigenvalue weighted by Crippen LogP contribution is 2.25. The Kier molecular flexibility index (Phi) is 4.31. The lowest BCUT2D eigenvalue weighted by Gasteiger charge is -2.06. The lowest BCUT2D eigenvalue weighted by atomic mass is 10.1. The number of nitrogens with zero attached hydrogens (tertiary/aromatic N) is 2. The minimum absolute atomic E-state index is 0.0506. The van der Waals surface area contributed by atoms with Crippen LogP contribution in [0, 0.1) is 10.1 Å². The van der Waals surface area contributed by atoms with Gasteiger partial charge >= 0.3 is 0 Å². The van der Waals surface area contributed by atoms with Crippen LogP contribution in [0.1, 0.15) is 16.2 Å². The second-order valence-corrected chi connectivity index (χ2v) is 4.34. The first kappa shape index (κ1) is 14.0. The molecule has 1 aromatic carbocycles. The second-order valence-electron chi connectivity index (χ2n) is 3.93. The summed E-state index contributed by atoms with van der Waals surface area (Å²) in [5.74, 6) is 0.146. The van der Waals surface area contributed by atoms with Crippen LogP contribution in [0.2, 0.25) is 5.02 Å². The summed E-state index contributed by atoms with van der Waals surface area (Å²) in [5.41, 5.74) is -0.438. The van der Waals surface area contributed by atoms with Gasteiger partial charge in [0.05, 0.1) is 9.95 Å². The van der Waals surface area contributed by atoms with Crippen molar-refractivity contribution in [1.29, 1.82) is 0 Å². The fourth-order valence-electron chi connectivity index (χ4n) is 1.71. The maximum Gasteiger partial charge on any atom is 0.283 e. The van der Waals surface area contributed by atoms with Crippen molar-refractivity contribution < 1.29 is 9.72 Å². The molecule has 2 rings (SSSR count). The third kappa shape index (κ3) is 3.12. The molecule has 7 nitrogen and oxygen atoms in total. The first-order valence-electron chi connectivity index (χ1n) is 5.79. The Morgan fingerprint density at radius 3 is 2.95 bits per heavy atom. The highest BCUT2D eigenvalue weighted by atomic mass is 35.5. The van der Waals surface area contributed by atoms with Crippen LogP contribution in [-0.4, -0.2) is 27.3 Å². The van der Waals surface area contributed by atoms with E-state index in [-0.39, 0.29) is 16.3 Å². The number of rotatable bonds is 5. The number of carbonyl (C=O) groups is 1. The van der Waals surface area contributed by atoms with Gasteiger partial charge in [0, 0.05) is 31.4 Å². The summed E-state index contributed by atoms with van der Waals surface area (Å²) in [6.07, 6.45) is 3.78. The van der Waals surface area contributed by atoms with Gasteiger partial charge in [-0.25, -0.2) is 4.98 Å². The maximum atomic E-state index is 12.0. The number of nitrogens with one attached hydrogen (secondary N) is 2.